The van der Waals surface area contributed by atoms with Gasteiger partial charge in [0.2, 0.25) is 11.8 Å². The summed E-state index contributed by atoms with van der Waals surface area (Å²) in [5.74, 6) is -0.995. The summed E-state index contributed by atoms with van der Waals surface area (Å²) in [7, 11) is 1.28. The van der Waals surface area contributed by atoms with Gasteiger partial charge in [-0.3, -0.25) is 9.59 Å². The van der Waals surface area contributed by atoms with Gasteiger partial charge >= 0.3 is 5.97 Å². The molecule has 0 aromatic carbocycles. The van der Waals surface area contributed by atoms with Crippen molar-refractivity contribution >= 4 is 17.8 Å². The average molecular weight is 284 g/mol. The van der Waals surface area contributed by atoms with Crippen molar-refractivity contribution in [1.29, 1.82) is 0 Å². The first-order valence-electron chi connectivity index (χ1n) is 6.79. The van der Waals surface area contributed by atoms with Crippen LogP contribution in [-0.4, -0.2) is 47.4 Å². The van der Waals surface area contributed by atoms with Crippen molar-refractivity contribution in [3.8, 4) is 0 Å². The summed E-state index contributed by atoms with van der Waals surface area (Å²) in [6, 6.07) is -1.30. The molecular formula is C14H24N2O4. The minimum absolute atomic E-state index is 0.0891. The number of β-lactam (4-membered cyclic amide) rings is 1. The Morgan fingerprint density at radius 3 is 2.25 bits per heavy atom. The zero-order chi connectivity index (χ0) is 15.7. The van der Waals surface area contributed by atoms with Gasteiger partial charge in [-0.1, -0.05) is 13.8 Å². The molecule has 0 spiro atoms. The lowest BCUT2D eigenvalue weighted by Gasteiger charge is -2.45. The molecule has 0 radical (unpaired) electrons. The van der Waals surface area contributed by atoms with Crippen molar-refractivity contribution < 1.29 is 19.1 Å². The van der Waals surface area contributed by atoms with Crippen LogP contribution in [0, 0.1) is 5.92 Å². The van der Waals surface area contributed by atoms with E-state index in [0.29, 0.717) is 0 Å². The van der Waals surface area contributed by atoms with E-state index >= 15 is 0 Å². The Bertz CT molecular complexity index is 412. The molecule has 0 saturated carbocycles. The van der Waals surface area contributed by atoms with Crippen LogP contribution in [-0.2, 0) is 19.1 Å². The number of esters is 1. The first-order chi connectivity index (χ1) is 9.08. The highest BCUT2D eigenvalue weighted by Gasteiger charge is 2.49. The monoisotopic (exact) mass is 284 g/mol. The highest BCUT2D eigenvalue weighted by atomic mass is 16.5. The van der Waals surface area contributed by atoms with E-state index in [4.69, 9.17) is 0 Å². The van der Waals surface area contributed by atoms with E-state index in [9.17, 15) is 14.4 Å². The number of carbonyl (C=O) groups is 3. The molecule has 1 N–H and O–H groups in total. The molecule has 20 heavy (non-hydrogen) atoms. The number of amides is 2. The topological polar surface area (TPSA) is 75.7 Å². The highest BCUT2D eigenvalue weighted by molar-refractivity contribution is 5.98. The number of nitrogens with one attached hydrogen (secondary N) is 1. The van der Waals surface area contributed by atoms with Gasteiger partial charge in [0.25, 0.3) is 0 Å². The van der Waals surface area contributed by atoms with Crippen LogP contribution in [0.5, 0.6) is 0 Å². The van der Waals surface area contributed by atoms with Crippen LogP contribution in [0.1, 0.15) is 41.0 Å². The van der Waals surface area contributed by atoms with Crippen LogP contribution >= 0.6 is 0 Å². The van der Waals surface area contributed by atoms with E-state index in [2.05, 4.69) is 10.1 Å². The van der Waals surface area contributed by atoms with Gasteiger partial charge in [-0.05, 0) is 26.7 Å². The number of rotatable bonds is 4. The third-order valence-electron chi connectivity index (χ3n) is 3.16. The maximum absolute atomic E-state index is 12.4. The van der Waals surface area contributed by atoms with E-state index in [-0.39, 0.29) is 29.7 Å². The fourth-order valence-corrected chi connectivity index (χ4v) is 2.31. The maximum Gasteiger partial charge on any atom is 0.329 e. The molecule has 6 nitrogen and oxygen atoms in total. The minimum Gasteiger partial charge on any atom is -0.467 e. The Balaban J connectivity index is 2.93. The molecule has 2 atom stereocenters. The Morgan fingerprint density at radius 2 is 1.90 bits per heavy atom. The van der Waals surface area contributed by atoms with E-state index in [0.717, 1.165) is 0 Å². The summed E-state index contributed by atoms with van der Waals surface area (Å²) in [6.07, 6.45) is 0.110. The normalized spacial score (nSPS) is 20.4. The summed E-state index contributed by atoms with van der Waals surface area (Å²) in [5, 5.41) is 2.86. The Morgan fingerprint density at radius 1 is 1.35 bits per heavy atom. The molecule has 1 aliphatic rings. The Hall–Kier alpha value is -1.59. The van der Waals surface area contributed by atoms with Crippen molar-refractivity contribution in [2.75, 3.05) is 7.11 Å². The van der Waals surface area contributed by atoms with E-state index in [1.807, 2.05) is 34.6 Å². The zero-order valence-corrected chi connectivity index (χ0v) is 13.0. The van der Waals surface area contributed by atoms with Gasteiger partial charge in [0.15, 0.2) is 0 Å². The molecule has 1 rings (SSSR count). The van der Waals surface area contributed by atoms with E-state index in [1.54, 1.807) is 0 Å². The average Bonchev–Trinajstić information content (AvgIpc) is 2.28. The number of methoxy groups -OCH3 is 1. The number of hydrogen-bond acceptors (Lipinski definition) is 4. The lowest BCUT2D eigenvalue weighted by atomic mass is 9.91. The molecule has 0 aromatic rings. The smallest absolute Gasteiger partial charge is 0.329 e. The predicted molar refractivity (Wildman–Crippen MR) is 73.8 cm³/mol. The van der Waals surface area contributed by atoms with Crippen molar-refractivity contribution in [1.82, 2.24) is 10.2 Å². The van der Waals surface area contributed by atoms with Gasteiger partial charge in [-0.2, -0.15) is 0 Å². The Labute approximate surface area is 119 Å². The highest BCUT2D eigenvalue weighted by Crippen LogP contribution is 2.27. The van der Waals surface area contributed by atoms with Crippen molar-refractivity contribution in [2.24, 2.45) is 5.92 Å². The number of nitrogens with zero attached hydrogens (tertiary/aromatic N) is 1. The van der Waals surface area contributed by atoms with Crippen molar-refractivity contribution in [2.45, 2.75) is 58.7 Å². The summed E-state index contributed by atoms with van der Waals surface area (Å²) in [4.78, 5) is 37.2. The third kappa shape index (κ3) is 3.49. The summed E-state index contributed by atoms with van der Waals surface area (Å²) in [6.45, 7) is 9.33. The fraction of sp³-hybridized carbons (Fsp3) is 0.786. The molecule has 0 aromatic heterocycles. The molecule has 1 saturated heterocycles. The quantitative estimate of drug-likeness (QED) is 0.609. The molecule has 1 unspecified atom stereocenters. The van der Waals surface area contributed by atoms with Crippen LogP contribution in [0.3, 0.4) is 0 Å². The second-order valence-electron chi connectivity index (χ2n) is 6.47. The first kappa shape index (κ1) is 16.5. The standard InChI is InChI=1S/C14H24N2O4/c1-8(2)11(12(18)15-14(3,4)5)16-9(7-10(16)17)13(19)20-6/h8-9,11H,7H2,1-6H3,(H,15,18)/t9-,11?/m0/s1. The second-order valence-corrected chi connectivity index (χ2v) is 6.47. The number of ether oxygens (including phenoxy) is 1. The van der Waals surface area contributed by atoms with Gasteiger partial charge in [0, 0.05) is 5.54 Å². The summed E-state index contributed by atoms with van der Waals surface area (Å²) >= 11 is 0. The second kappa shape index (κ2) is 5.81. The molecule has 114 valence electrons. The van der Waals surface area contributed by atoms with Crippen molar-refractivity contribution in [3.05, 3.63) is 0 Å². The van der Waals surface area contributed by atoms with E-state index in [1.165, 1.54) is 12.0 Å². The van der Waals surface area contributed by atoms with Gasteiger partial charge in [0.1, 0.15) is 12.1 Å². The van der Waals surface area contributed by atoms with Gasteiger partial charge in [0.05, 0.1) is 13.5 Å². The van der Waals surface area contributed by atoms with Gasteiger partial charge < -0.3 is 15.0 Å². The van der Waals surface area contributed by atoms with Crippen LogP contribution in [0.25, 0.3) is 0 Å². The summed E-state index contributed by atoms with van der Waals surface area (Å²) < 4.78 is 4.68. The predicted octanol–water partition coefficient (Wildman–Crippen LogP) is 0.700. The number of likely N-dealkylation sites (tertiary alicyclic amines) is 1. The molecule has 0 bridgehead atoms. The first-order valence-corrected chi connectivity index (χ1v) is 6.79. The molecule has 6 heteroatoms. The van der Waals surface area contributed by atoms with Gasteiger partial charge in [-0.25, -0.2) is 4.79 Å². The number of carbonyl (C=O) groups excluding carboxylic acids is 3. The Kier molecular flexibility index (Phi) is 4.78. The van der Waals surface area contributed by atoms with E-state index < -0.39 is 18.1 Å². The summed E-state index contributed by atoms with van der Waals surface area (Å²) in [5.41, 5.74) is -0.390. The largest absolute Gasteiger partial charge is 0.467 e. The molecular weight excluding hydrogens is 260 g/mol. The maximum atomic E-state index is 12.4. The lowest BCUT2D eigenvalue weighted by molar-refractivity contribution is -0.171. The molecule has 1 fully saturated rings. The molecule has 2 amide bonds. The fourth-order valence-electron chi connectivity index (χ4n) is 2.31. The minimum atomic E-state index is -0.653. The van der Waals surface area contributed by atoms with Crippen LogP contribution < -0.4 is 5.32 Å². The molecule has 0 aliphatic carbocycles. The zero-order valence-electron chi connectivity index (χ0n) is 13.0. The molecule has 1 aliphatic heterocycles. The lowest BCUT2D eigenvalue weighted by Crippen LogP contribution is -2.66. The van der Waals surface area contributed by atoms with Crippen LogP contribution in [0.15, 0.2) is 0 Å². The SMILES string of the molecule is COC(=O)[C@@H]1CC(=O)N1C(C(=O)NC(C)(C)C)C(C)C. The van der Waals surface area contributed by atoms with Gasteiger partial charge in [-0.15, -0.1) is 0 Å². The third-order valence-corrected chi connectivity index (χ3v) is 3.16. The van der Waals surface area contributed by atoms with Crippen molar-refractivity contribution in [3.63, 3.8) is 0 Å². The number of hydrogen-bond donors (Lipinski definition) is 1. The van der Waals surface area contributed by atoms with Crippen LogP contribution in [0.4, 0.5) is 0 Å². The van der Waals surface area contributed by atoms with Crippen LogP contribution in [0.2, 0.25) is 0 Å². The molecule has 1 heterocycles.